The number of nitrogens with zero attached hydrogens (tertiary/aromatic N) is 2. The second kappa shape index (κ2) is 8.12. The first kappa shape index (κ1) is 20.8. The molecule has 1 amide bonds. The minimum atomic E-state index is -0.564. The molecule has 0 saturated carbocycles. The number of carbonyl (C=O) groups is 1. The molecule has 0 radical (unpaired) electrons. The van der Waals surface area contributed by atoms with Gasteiger partial charge in [-0.05, 0) is 54.4 Å². The summed E-state index contributed by atoms with van der Waals surface area (Å²) < 4.78 is 35.3. The van der Waals surface area contributed by atoms with Crippen molar-refractivity contribution in [3.8, 4) is 16.9 Å². The van der Waals surface area contributed by atoms with E-state index in [4.69, 9.17) is 4.74 Å². The highest BCUT2D eigenvalue weighted by Crippen LogP contribution is 2.40. The zero-order valence-electron chi connectivity index (χ0n) is 17.6. The van der Waals surface area contributed by atoms with E-state index in [0.717, 1.165) is 0 Å². The first-order chi connectivity index (χ1) is 15.9. The van der Waals surface area contributed by atoms with Gasteiger partial charge in [0.15, 0.2) is 0 Å². The van der Waals surface area contributed by atoms with Gasteiger partial charge >= 0.3 is 0 Å². The summed E-state index contributed by atoms with van der Waals surface area (Å²) in [5.74, 6) is -0.818. The first-order valence-electron chi connectivity index (χ1n) is 10.4. The Hall–Kier alpha value is -4.07. The van der Waals surface area contributed by atoms with Gasteiger partial charge in [0.2, 0.25) is 0 Å². The van der Waals surface area contributed by atoms with Crippen molar-refractivity contribution < 1.29 is 18.3 Å². The average molecular weight is 447 g/mol. The van der Waals surface area contributed by atoms with E-state index in [2.05, 4.69) is 10.3 Å². The van der Waals surface area contributed by atoms with Crippen LogP contribution in [0.4, 0.5) is 8.78 Å². The van der Waals surface area contributed by atoms with E-state index in [1.54, 1.807) is 43.5 Å². The third kappa shape index (κ3) is 3.84. The van der Waals surface area contributed by atoms with E-state index in [-0.39, 0.29) is 17.9 Å². The Balaban J connectivity index is 1.35. The number of halogens is 2. The van der Waals surface area contributed by atoms with Crippen LogP contribution < -0.4 is 15.6 Å². The van der Waals surface area contributed by atoms with Crippen molar-refractivity contribution in [2.24, 2.45) is 0 Å². The molecule has 1 aliphatic heterocycles. The minimum absolute atomic E-state index is 0.0808. The molecule has 0 saturated heterocycles. The monoisotopic (exact) mass is 447 g/mol. The Bertz CT molecular complexity index is 1470. The fourth-order valence-electron chi connectivity index (χ4n) is 4.02. The molecule has 0 fully saturated rings. The Morgan fingerprint density at radius 3 is 2.88 bits per heavy atom. The van der Waals surface area contributed by atoms with E-state index in [1.165, 1.54) is 28.8 Å². The number of aryl methyl sites for hydroxylation is 1. The van der Waals surface area contributed by atoms with Crippen molar-refractivity contribution in [2.45, 2.75) is 19.4 Å². The first-order valence-corrected chi connectivity index (χ1v) is 10.4. The zero-order valence-corrected chi connectivity index (χ0v) is 17.6. The molecule has 2 aromatic heterocycles. The van der Waals surface area contributed by atoms with Crippen molar-refractivity contribution in [1.29, 1.82) is 0 Å². The van der Waals surface area contributed by atoms with Crippen LogP contribution in [-0.2, 0) is 6.42 Å². The smallest absolute Gasteiger partial charge is 0.270 e. The lowest BCUT2D eigenvalue weighted by molar-refractivity contribution is 0.0931. The number of carbonyl (C=O) groups excluding carboxylic acids is 1. The van der Waals surface area contributed by atoms with Gasteiger partial charge < -0.3 is 10.1 Å². The summed E-state index contributed by atoms with van der Waals surface area (Å²) in [7, 11) is 0. The van der Waals surface area contributed by atoms with Crippen molar-refractivity contribution >= 4 is 11.6 Å². The van der Waals surface area contributed by atoms with Crippen molar-refractivity contribution in [3.05, 3.63) is 99.6 Å². The van der Waals surface area contributed by atoms with Crippen LogP contribution in [0.1, 0.15) is 21.5 Å². The molecule has 2 aromatic carbocycles. The molecular weight excluding hydrogens is 428 g/mol. The molecule has 33 heavy (non-hydrogen) atoms. The highest BCUT2D eigenvalue weighted by molar-refractivity contribution is 5.93. The van der Waals surface area contributed by atoms with Crippen LogP contribution in [0.25, 0.3) is 16.8 Å². The quantitative estimate of drug-likeness (QED) is 0.518. The maximum atomic E-state index is 14.3. The van der Waals surface area contributed by atoms with Crippen LogP contribution in [-0.4, -0.2) is 27.9 Å². The van der Waals surface area contributed by atoms with Gasteiger partial charge in [0.25, 0.3) is 11.5 Å². The molecule has 166 valence electrons. The summed E-state index contributed by atoms with van der Waals surface area (Å²) in [5, 5.41) is 2.71. The number of nitrogens with one attached hydrogen (secondary N) is 1. The second-order valence-electron chi connectivity index (χ2n) is 7.97. The fourth-order valence-corrected chi connectivity index (χ4v) is 4.02. The van der Waals surface area contributed by atoms with Gasteiger partial charge in [0.1, 0.15) is 34.7 Å². The van der Waals surface area contributed by atoms with Crippen LogP contribution in [0.15, 0.2) is 65.7 Å². The highest BCUT2D eigenvalue weighted by atomic mass is 19.1. The van der Waals surface area contributed by atoms with Crippen LogP contribution in [0.3, 0.4) is 0 Å². The van der Waals surface area contributed by atoms with E-state index >= 15 is 0 Å². The number of ether oxygens (including phenoxy) is 1. The lowest BCUT2D eigenvalue weighted by Gasteiger charge is -2.14. The summed E-state index contributed by atoms with van der Waals surface area (Å²) in [5.41, 5.74) is 2.18. The minimum Gasteiger partial charge on any atom is -0.487 e. The number of benzene rings is 2. The normalized spacial score (nSPS) is 14.7. The standard InChI is InChI=1S/C25H19F2N3O3/c1-14-8-15(5-6-21(14)27)19-11-17(26)9-16-10-18(33-23(16)19)12-29-24(31)20-13-28-22-4-2-3-7-30(22)25(20)32/h2-9,11,13,18H,10,12H2,1H3,(H,29,31). The molecule has 0 aliphatic carbocycles. The maximum Gasteiger partial charge on any atom is 0.270 e. The van der Waals surface area contributed by atoms with Gasteiger partial charge in [-0.2, -0.15) is 0 Å². The average Bonchev–Trinajstić information content (AvgIpc) is 3.22. The summed E-state index contributed by atoms with van der Waals surface area (Å²) in [6.07, 6.45) is 2.74. The predicted molar refractivity (Wildman–Crippen MR) is 118 cm³/mol. The number of fused-ring (bicyclic) bond motifs is 2. The topological polar surface area (TPSA) is 72.7 Å². The molecular formula is C25H19F2N3O3. The van der Waals surface area contributed by atoms with Gasteiger partial charge in [-0.1, -0.05) is 12.1 Å². The molecule has 0 spiro atoms. The fraction of sp³-hybridized carbons (Fsp3) is 0.160. The Kier molecular flexibility index (Phi) is 5.12. The van der Waals surface area contributed by atoms with Crippen LogP contribution in [0.5, 0.6) is 5.75 Å². The van der Waals surface area contributed by atoms with E-state index < -0.39 is 23.4 Å². The molecule has 6 nitrogen and oxygen atoms in total. The van der Waals surface area contributed by atoms with E-state index in [9.17, 15) is 18.4 Å². The lowest BCUT2D eigenvalue weighted by Crippen LogP contribution is -2.37. The van der Waals surface area contributed by atoms with Gasteiger partial charge in [-0.3, -0.25) is 14.0 Å². The van der Waals surface area contributed by atoms with Crippen molar-refractivity contribution in [2.75, 3.05) is 6.54 Å². The summed E-state index contributed by atoms with van der Waals surface area (Å²) >= 11 is 0. The Labute approximate surface area is 187 Å². The van der Waals surface area contributed by atoms with Crippen molar-refractivity contribution in [3.63, 3.8) is 0 Å². The van der Waals surface area contributed by atoms with Gasteiger partial charge in [0.05, 0.1) is 6.54 Å². The molecule has 1 aliphatic rings. The van der Waals surface area contributed by atoms with Gasteiger partial charge in [-0.15, -0.1) is 0 Å². The molecule has 8 heteroatoms. The summed E-state index contributed by atoms with van der Waals surface area (Å²) in [4.78, 5) is 29.4. The third-order valence-electron chi connectivity index (χ3n) is 5.68. The molecule has 1 N–H and O–H groups in total. The molecule has 3 heterocycles. The lowest BCUT2D eigenvalue weighted by atomic mass is 9.99. The SMILES string of the molecule is Cc1cc(-c2cc(F)cc3c2OC(CNC(=O)c2cnc4ccccn4c2=O)C3)ccc1F. The van der Waals surface area contributed by atoms with Gasteiger partial charge in [0, 0.05) is 29.9 Å². The predicted octanol–water partition coefficient (Wildman–Crippen LogP) is 3.68. The maximum absolute atomic E-state index is 14.3. The molecule has 0 bridgehead atoms. The number of aromatic nitrogens is 2. The Morgan fingerprint density at radius 1 is 1.21 bits per heavy atom. The molecule has 5 rings (SSSR count). The van der Waals surface area contributed by atoms with E-state index in [1.807, 2.05) is 0 Å². The number of hydrogen-bond acceptors (Lipinski definition) is 4. The third-order valence-corrected chi connectivity index (χ3v) is 5.68. The number of rotatable bonds is 4. The molecule has 1 unspecified atom stereocenters. The Morgan fingerprint density at radius 2 is 2.06 bits per heavy atom. The van der Waals surface area contributed by atoms with Crippen molar-refractivity contribution in [1.82, 2.24) is 14.7 Å². The highest BCUT2D eigenvalue weighted by Gasteiger charge is 2.28. The largest absolute Gasteiger partial charge is 0.487 e. The molecule has 4 aromatic rings. The zero-order chi connectivity index (χ0) is 23.1. The van der Waals surface area contributed by atoms with Crippen LogP contribution in [0, 0.1) is 18.6 Å². The second-order valence-corrected chi connectivity index (χ2v) is 7.97. The molecule has 1 atom stereocenters. The van der Waals surface area contributed by atoms with Gasteiger partial charge in [-0.25, -0.2) is 13.8 Å². The number of amides is 1. The summed E-state index contributed by atoms with van der Waals surface area (Å²) in [6, 6.07) is 12.4. The summed E-state index contributed by atoms with van der Waals surface area (Å²) in [6.45, 7) is 1.76. The van der Waals surface area contributed by atoms with Crippen LogP contribution in [0.2, 0.25) is 0 Å². The number of pyridine rings is 1. The van der Waals surface area contributed by atoms with E-state index in [0.29, 0.717) is 40.1 Å². The van der Waals surface area contributed by atoms with Crippen LogP contribution >= 0.6 is 0 Å². The number of hydrogen-bond donors (Lipinski definition) is 1.